The number of halogens is 1. The van der Waals surface area contributed by atoms with Crippen LogP contribution in [-0.4, -0.2) is 46.8 Å². The van der Waals surface area contributed by atoms with Crippen molar-refractivity contribution in [2.45, 2.75) is 101 Å². The Bertz CT molecular complexity index is 546. The third-order valence-electron chi connectivity index (χ3n) is 6.59. The lowest BCUT2D eigenvalue weighted by molar-refractivity contribution is -0.199. The molecule has 5 nitrogen and oxygen atoms in total. The van der Waals surface area contributed by atoms with Crippen molar-refractivity contribution in [3.8, 4) is 6.07 Å². The summed E-state index contributed by atoms with van der Waals surface area (Å²) >= 11 is 2.44. The number of hydrogen-bond donors (Lipinski definition) is 0. The van der Waals surface area contributed by atoms with Crippen molar-refractivity contribution in [3.63, 3.8) is 0 Å². The van der Waals surface area contributed by atoms with E-state index in [0.29, 0.717) is 6.61 Å². The molecule has 1 aliphatic carbocycles. The second-order valence-corrected chi connectivity index (χ2v) is 9.35. The smallest absolute Gasteiger partial charge is 0.169 e. The molecule has 0 amide bonds. The average molecular weight is 475 g/mol. The molecule has 4 aliphatic rings. The summed E-state index contributed by atoms with van der Waals surface area (Å²) in [4.78, 5) is 0. The molecule has 0 aromatic heterocycles. The number of alkyl halides is 1. The molecule has 3 saturated heterocycles. The van der Waals surface area contributed by atoms with E-state index in [2.05, 4.69) is 28.7 Å². The molecule has 0 aromatic carbocycles. The van der Waals surface area contributed by atoms with E-state index in [4.69, 9.17) is 24.2 Å². The molecular formula is C20H30INO4. The summed E-state index contributed by atoms with van der Waals surface area (Å²) in [5, 5.41) is 9.12. The summed E-state index contributed by atoms with van der Waals surface area (Å²) in [5.74, 6) is -0.304. The standard InChI is InChI=1S/C20H30INO4/c1-14(11-22)9-15-5-6-18-19(13-21,25-15)10-16(24-18)17-12-23-20(26-17)7-3-2-4-8-20/h14-18H,2-10,12-13H2,1H3/t14-,15?,16?,17?,18+,19?/m1/s1. The van der Waals surface area contributed by atoms with Gasteiger partial charge in [0.25, 0.3) is 0 Å². The zero-order valence-corrected chi connectivity index (χ0v) is 17.8. The fourth-order valence-electron chi connectivity index (χ4n) is 5.16. The number of rotatable bonds is 4. The predicted octanol–water partition coefficient (Wildman–Crippen LogP) is 4.12. The van der Waals surface area contributed by atoms with Crippen LogP contribution in [0.1, 0.15) is 64.7 Å². The van der Waals surface area contributed by atoms with E-state index in [1.54, 1.807) is 0 Å². The minimum atomic E-state index is -0.344. The molecule has 3 aliphatic heterocycles. The largest absolute Gasteiger partial charge is 0.369 e. The van der Waals surface area contributed by atoms with Crippen LogP contribution >= 0.6 is 22.6 Å². The first-order valence-corrected chi connectivity index (χ1v) is 11.7. The maximum atomic E-state index is 9.12. The van der Waals surface area contributed by atoms with Gasteiger partial charge < -0.3 is 18.9 Å². The zero-order valence-electron chi connectivity index (χ0n) is 15.6. The van der Waals surface area contributed by atoms with Gasteiger partial charge in [0.15, 0.2) is 5.79 Å². The van der Waals surface area contributed by atoms with Crippen LogP contribution in [0.2, 0.25) is 0 Å². The summed E-state index contributed by atoms with van der Waals surface area (Å²) < 4.78 is 26.5. The van der Waals surface area contributed by atoms with E-state index in [0.717, 1.165) is 43.0 Å². The van der Waals surface area contributed by atoms with Crippen LogP contribution < -0.4 is 0 Å². The molecule has 0 radical (unpaired) electrons. The summed E-state index contributed by atoms with van der Waals surface area (Å²) in [7, 11) is 0. The molecule has 6 atom stereocenters. The summed E-state index contributed by atoms with van der Waals surface area (Å²) in [5.41, 5.74) is -0.227. The van der Waals surface area contributed by atoms with Gasteiger partial charge in [-0.3, -0.25) is 0 Å². The van der Waals surface area contributed by atoms with Gasteiger partial charge in [-0.2, -0.15) is 5.26 Å². The van der Waals surface area contributed by atoms with Gasteiger partial charge in [-0.25, -0.2) is 0 Å². The monoisotopic (exact) mass is 475 g/mol. The number of nitriles is 1. The Morgan fingerprint density at radius 2 is 1.96 bits per heavy atom. The Morgan fingerprint density at radius 1 is 1.15 bits per heavy atom. The van der Waals surface area contributed by atoms with Crippen LogP contribution in [0.5, 0.6) is 0 Å². The van der Waals surface area contributed by atoms with Crippen LogP contribution in [0.25, 0.3) is 0 Å². The van der Waals surface area contributed by atoms with Crippen molar-refractivity contribution >= 4 is 22.6 Å². The fraction of sp³-hybridized carbons (Fsp3) is 0.950. The van der Waals surface area contributed by atoms with Crippen molar-refractivity contribution in [2.24, 2.45) is 5.92 Å². The lowest BCUT2D eigenvalue weighted by Crippen LogP contribution is -2.50. The molecule has 6 heteroatoms. The fourth-order valence-corrected chi connectivity index (χ4v) is 6.14. The maximum absolute atomic E-state index is 9.12. The minimum absolute atomic E-state index is 0.0265. The first-order valence-electron chi connectivity index (χ1n) is 10.2. The highest BCUT2D eigenvalue weighted by molar-refractivity contribution is 14.1. The molecule has 146 valence electrons. The maximum Gasteiger partial charge on any atom is 0.169 e. The van der Waals surface area contributed by atoms with Crippen LogP contribution in [-0.2, 0) is 18.9 Å². The Labute approximate surface area is 170 Å². The van der Waals surface area contributed by atoms with Gasteiger partial charge in [0.2, 0.25) is 0 Å². The third kappa shape index (κ3) is 3.67. The van der Waals surface area contributed by atoms with Gasteiger partial charge in [0.1, 0.15) is 11.7 Å². The second-order valence-electron chi connectivity index (χ2n) is 8.59. The Hall–Kier alpha value is 0.0600. The molecule has 4 unspecified atom stereocenters. The Morgan fingerprint density at radius 3 is 2.69 bits per heavy atom. The summed E-state index contributed by atoms with van der Waals surface area (Å²) in [6.07, 6.45) is 9.80. The van der Waals surface area contributed by atoms with Gasteiger partial charge in [-0.05, 0) is 39.0 Å². The Kier molecular flexibility index (Phi) is 5.83. The third-order valence-corrected chi connectivity index (χ3v) is 7.89. The van der Waals surface area contributed by atoms with Crippen molar-refractivity contribution in [1.82, 2.24) is 0 Å². The Balaban J connectivity index is 1.40. The molecule has 0 aromatic rings. The molecule has 4 fully saturated rings. The van der Waals surface area contributed by atoms with E-state index >= 15 is 0 Å². The predicted molar refractivity (Wildman–Crippen MR) is 105 cm³/mol. The lowest BCUT2D eigenvalue weighted by Gasteiger charge is -2.41. The van der Waals surface area contributed by atoms with E-state index in [-0.39, 0.29) is 41.7 Å². The van der Waals surface area contributed by atoms with Gasteiger partial charge >= 0.3 is 0 Å². The van der Waals surface area contributed by atoms with E-state index in [1.807, 2.05) is 6.92 Å². The SMILES string of the molecule is C[C@@H](C#N)CC1CC[C@@H]2OC(C3COC4(CCCCC4)O3)CC2(CI)O1. The topological polar surface area (TPSA) is 60.7 Å². The molecular weight excluding hydrogens is 445 g/mol. The minimum Gasteiger partial charge on any atom is -0.369 e. The van der Waals surface area contributed by atoms with Crippen LogP contribution in [0.15, 0.2) is 0 Å². The van der Waals surface area contributed by atoms with Crippen molar-refractivity contribution in [2.75, 3.05) is 11.0 Å². The van der Waals surface area contributed by atoms with Crippen LogP contribution in [0.4, 0.5) is 0 Å². The molecule has 0 N–H and O–H groups in total. The first kappa shape index (κ1) is 19.4. The molecule has 4 rings (SSSR count). The van der Waals surface area contributed by atoms with Crippen molar-refractivity contribution in [1.29, 1.82) is 5.26 Å². The van der Waals surface area contributed by atoms with Crippen LogP contribution in [0.3, 0.4) is 0 Å². The van der Waals surface area contributed by atoms with Gasteiger partial charge in [0, 0.05) is 29.6 Å². The first-order chi connectivity index (χ1) is 12.6. The average Bonchev–Trinajstić information content (AvgIpc) is 3.24. The van der Waals surface area contributed by atoms with Crippen molar-refractivity contribution < 1.29 is 18.9 Å². The van der Waals surface area contributed by atoms with E-state index in [9.17, 15) is 0 Å². The number of nitrogens with zero attached hydrogens (tertiary/aromatic N) is 1. The highest BCUT2D eigenvalue weighted by Crippen LogP contribution is 2.47. The van der Waals surface area contributed by atoms with E-state index in [1.165, 1.54) is 19.3 Å². The lowest BCUT2D eigenvalue weighted by atomic mass is 9.86. The quantitative estimate of drug-likeness (QED) is 0.452. The molecule has 0 bridgehead atoms. The zero-order chi connectivity index (χ0) is 18.2. The number of hydrogen-bond acceptors (Lipinski definition) is 5. The normalized spacial score (nSPS) is 43.1. The molecule has 1 saturated carbocycles. The molecule has 26 heavy (non-hydrogen) atoms. The van der Waals surface area contributed by atoms with Crippen LogP contribution in [0, 0.1) is 17.2 Å². The van der Waals surface area contributed by atoms with Gasteiger partial charge in [-0.15, -0.1) is 0 Å². The molecule has 1 spiro atoms. The number of fused-ring (bicyclic) bond motifs is 1. The highest BCUT2D eigenvalue weighted by atomic mass is 127. The molecule has 3 heterocycles. The summed E-state index contributed by atoms with van der Waals surface area (Å²) in [6.45, 7) is 2.62. The van der Waals surface area contributed by atoms with Crippen molar-refractivity contribution in [3.05, 3.63) is 0 Å². The van der Waals surface area contributed by atoms with Gasteiger partial charge in [0.05, 0.1) is 31.0 Å². The second kappa shape index (κ2) is 7.82. The summed E-state index contributed by atoms with van der Waals surface area (Å²) in [6, 6.07) is 2.34. The van der Waals surface area contributed by atoms with E-state index < -0.39 is 0 Å². The highest BCUT2D eigenvalue weighted by Gasteiger charge is 2.56. The number of ether oxygens (including phenoxy) is 4. The van der Waals surface area contributed by atoms with Gasteiger partial charge in [-0.1, -0.05) is 29.0 Å².